The summed E-state index contributed by atoms with van der Waals surface area (Å²) in [7, 11) is 1.88. The molecule has 19 heavy (non-hydrogen) atoms. The molecule has 0 aliphatic carbocycles. The Morgan fingerprint density at radius 3 is 2.53 bits per heavy atom. The fourth-order valence-electron chi connectivity index (χ4n) is 2.15. The summed E-state index contributed by atoms with van der Waals surface area (Å²) in [6.07, 6.45) is 3.03. The molecule has 0 radical (unpaired) electrons. The molecule has 0 aliphatic heterocycles. The van der Waals surface area contributed by atoms with Gasteiger partial charge in [-0.3, -0.25) is 4.79 Å². The van der Waals surface area contributed by atoms with Gasteiger partial charge in [0.2, 0.25) is 0 Å². The van der Waals surface area contributed by atoms with Crippen LogP contribution in [-0.4, -0.2) is 35.9 Å². The van der Waals surface area contributed by atoms with Crippen molar-refractivity contribution >= 4 is 23.4 Å². The quantitative estimate of drug-likeness (QED) is 0.843. The Hall–Kier alpha value is -1.16. The van der Waals surface area contributed by atoms with Crippen molar-refractivity contribution in [1.82, 2.24) is 4.90 Å². The monoisotopic (exact) mass is 280 g/mol. The van der Waals surface area contributed by atoms with Crippen LogP contribution in [0.2, 0.25) is 0 Å². The number of nitrogens with two attached hydrogens (primary N) is 1. The number of aryl methyl sites for hydroxylation is 2. The van der Waals surface area contributed by atoms with E-state index in [2.05, 4.69) is 13.2 Å². The number of hydrogen-bond acceptors (Lipinski definition) is 3. The molecule has 0 spiro atoms. The molecule has 1 rings (SSSR count). The zero-order valence-electron chi connectivity index (χ0n) is 12.5. The van der Waals surface area contributed by atoms with Gasteiger partial charge in [0, 0.05) is 30.1 Å². The van der Waals surface area contributed by atoms with Crippen molar-refractivity contribution in [3.8, 4) is 0 Å². The van der Waals surface area contributed by atoms with Crippen LogP contribution in [0.4, 0.5) is 5.69 Å². The SMILES string of the molecule is CCC(CSC)N(C)C(=O)c1cc(N)c(C)cc1C. The van der Waals surface area contributed by atoms with Gasteiger partial charge in [0.15, 0.2) is 0 Å². The second kappa shape index (κ2) is 6.85. The summed E-state index contributed by atoms with van der Waals surface area (Å²) in [6.45, 7) is 6.03. The minimum absolute atomic E-state index is 0.0603. The van der Waals surface area contributed by atoms with Crippen LogP contribution >= 0.6 is 11.8 Å². The molecule has 0 aromatic heterocycles. The van der Waals surface area contributed by atoms with Crippen LogP contribution < -0.4 is 5.73 Å². The number of anilines is 1. The molecule has 4 heteroatoms. The molecule has 1 amide bonds. The van der Waals surface area contributed by atoms with Crippen molar-refractivity contribution in [3.05, 3.63) is 28.8 Å². The van der Waals surface area contributed by atoms with Crippen LogP contribution in [0, 0.1) is 13.8 Å². The summed E-state index contributed by atoms with van der Waals surface area (Å²) in [6, 6.07) is 4.05. The zero-order valence-corrected chi connectivity index (χ0v) is 13.3. The number of nitrogen functional groups attached to an aromatic ring is 1. The van der Waals surface area contributed by atoms with Crippen molar-refractivity contribution < 1.29 is 4.79 Å². The highest BCUT2D eigenvalue weighted by Gasteiger charge is 2.21. The molecular formula is C15H24N2OS. The van der Waals surface area contributed by atoms with Gasteiger partial charge in [0.05, 0.1) is 0 Å². The number of carbonyl (C=O) groups is 1. The topological polar surface area (TPSA) is 46.3 Å². The molecule has 3 nitrogen and oxygen atoms in total. The summed E-state index contributed by atoms with van der Waals surface area (Å²) in [5.74, 6) is 1.02. The van der Waals surface area contributed by atoms with Gasteiger partial charge in [0.1, 0.15) is 0 Å². The molecule has 0 fully saturated rings. The highest BCUT2D eigenvalue weighted by molar-refractivity contribution is 7.98. The molecule has 1 aromatic carbocycles. The van der Waals surface area contributed by atoms with Gasteiger partial charge in [0.25, 0.3) is 5.91 Å². The number of rotatable bonds is 5. The van der Waals surface area contributed by atoms with Crippen LogP contribution in [0.5, 0.6) is 0 Å². The second-order valence-electron chi connectivity index (χ2n) is 4.96. The Morgan fingerprint density at radius 2 is 2.00 bits per heavy atom. The third-order valence-corrected chi connectivity index (χ3v) is 4.26. The van der Waals surface area contributed by atoms with Crippen LogP contribution in [0.25, 0.3) is 0 Å². The maximum absolute atomic E-state index is 12.6. The fourth-order valence-corrected chi connectivity index (χ4v) is 3.00. The Morgan fingerprint density at radius 1 is 1.37 bits per heavy atom. The molecule has 1 atom stereocenters. The molecule has 0 aliphatic rings. The summed E-state index contributed by atoms with van der Waals surface area (Å²) in [5.41, 5.74) is 9.32. The number of amides is 1. The lowest BCUT2D eigenvalue weighted by atomic mass is 10.0. The average Bonchev–Trinajstić information content (AvgIpc) is 2.38. The van der Waals surface area contributed by atoms with E-state index in [0.717, 1.165) is 23.3 Å². The van der Waals surface area contributed by atoms with E-state index in [0.29, 0.717) is 11.3 Å². The number of nitrogens with zero attached hydrogens (tertiary/aromatic N) is 1. The van der Waals surface area contributed by atoms with E-state index in [1.807, 2.05) is 31.9 Å². The first-order chi connectivity index (χ1) is 8.92. The lowest BCUT2D eigenvalue weighted by molar-refractivity contribution is 0.0743. The van der Waals surface area contributed by atoms with Gasteiger partial charge < -0.3 is 10.6 Å². The van der Waals surface area contributed by atoms with E-state index in [-0.39, 0.29) is 11.9 Å². The van der Waals surface area contributed by atoms with Crippen LogP contribution in [0.15, 0.2) is 12.1 Å². The molecule has 2 N–H and O–H groups in total. The molecule has 0 saturated carbocycles. The Kier molecular flexibility index (Phi) is 5.73. The average molecular weight is 280 g/mol. The zero-order chi connectivity index (χ0) is 14.6. The number of benzene rings is 1. The number of thioether (sulfide) groups is 1. The second-order valence-corrected chi connectivity index (χ2v) is 5.87. The number of carbonyl (C=O) groups excluding carboxylic acids is 1. The molecule has 0 bridgehead atoms. The first-order valence-electron chi connectivity index (χ1n) is 6.55. The molecule has 0 heterocycles. The van der Waals surface area contributed by atoms with Gasteiger partial charge in [-0.25, -0.2) is 0 Å². The Balaban J connectivity index is 3.02. The highest BCUT2D eigenvalue weighted by atomic mass is 32.2. The van der Waals surface area contributed by atoms with Crippen molar-refractivity contribution in [3.63, 3.8) is 0 Å². The maximum atomic E-state index is 12.6. The van der Waals surface area contributed by atoms with E-state index in [1.165, 1.54) is 0 Å². The van der Waals surface area contributed by atoms with Gasteiger partial charge in [-0.1, -0.05) is 13.0 Å². The summed E-state index contributed by atoms with van der Waals surface area (Å²) < 4.78 is 0. The van der Waals surface area contributed by atoms with Crippen molar-refractivity contribution in [2.75, 3.05) is 24.8 Å². The Bertz CT molecular complexity index is 460. The molecule has 106 valence electrons. The summed E-state index contributed by atoms with van der Waals surface area (Å²) in [4.78, 5) is 14.4. The van der Waals surface area contributed by atoms with Gasteiger partial charge in [-0.2, -0.15) is 11.8 Å². The standard InChI is InChI=1S/C15H24N2OS/c1-6-12(9-19-5)17(4)15(18)13-8-14(16)11(3)7-10(13)2/h7-8,12H,6,9,16H2,1-5H3. The molecule has 0 saturated heterocycles. The van der Waals surface area contributed by atoms with E-state index in [9.17, 15) is 4.79 Å². The lowest BCUT2D eigenvalue weighted by Crippen LogP contribution is -2.38. The predicted octanol–water partition coefficient (Wildman–Crippen LogP) is 3.10. The van der Waals surface area contributed by atoms with Crippen LogP contribution in [-0.2, 0) is 0 Å². The molecule has 1 unspecified atom stereocenters. The van der Waals surface area contributed by atoms with Crippen LogP contribution in [0.1, 0.15) is 34.8 Å². The molecular weight excluding hydrogens is 256 g/mol. The van der Waals surface area contributed by atoms with Gasteiger partial charge in [-0.05, 0) is 43.7 Å². The minimum atomic E-state index is 0.0603. The third kappa shape index (κ3) is 3.66. The third-order valence-electron chi connectivity index (χ3n) is 3.54. The Labute approximate surface area is 120 Å². The lowest BCUT2D eigenvalue weighted by Gasteiger charge is -2.27. The number of hydrogen-bond donors (Lipinski definition) is 1. The van der Waals surface area contributed by atoms with E-state index >= 15 is 0 Å². The van der Waals surface area contributed by atoms with E-state index < -0.39 is 0 Å². The van der Waals surface area contributed by atoms with E-state index in [4.69, 9.17) is 5.73 Å². The summed E-state index contributed by atoms with van der Waals surface area (Å²) >= 11 is 1.77. The van der Waals surface area contributed by atoms with E-state index in [1.54, 1.807) is 17.8 Å². The van der Waals surface area contributed by atoms with Crippen molar-refractivity contribution in [2.24, 2.45) is 0 Å². The largest absolute Gasteiger partial charge is 0.398 e. The fraction of sp³-hybridized carbons (Fsp3) is 0.533. The summed E-state index contributed by atoms with van der Waals surface area (Å²) in [5, 5.41) is 0. The highest BCUT2D eigenvalue weighted by Crippen LogP contribution is 2.20. The predicted molar refractivity (Wildman–Crippen MR) is 84.9 cm³/mol. The first kappa shape index (κ1) is 15.9. The minimum Gasteiger partial charge on any atom is -0.398 e. The van der Waals surface area contributed by atoms with Crippen LogP contribution in [0.3, 0.4) is 0 Å². The van der Waals surface area contributed by atoms with Gasteiger partial charge in [-0.15, -0.1) is 0 Å². The van der Waals surface area contributed by atoms with Crippen molar-refractivity contribution in [2.45, 2.75) is 33.2 Å². The smallest absolute Gasteiger partial charge is 0.254 e. The normalized spacial score (nSPS) is 12.3. The first-order valence-corrected chi connectivity index (χ1v) is 7.94. The molecule has 1 aromatic rings. The van der Waals surface area contributed by atoms with Gasteiger partial charge >= 0.3 is 0 Å². The maximum Gasteiger partial charge on any atom is 0.254 e. The van der Waals surface area contributed by atoms with Crippen molar-refractivity contribution in [1.29, 1.82) is 0 Å².